The van der Waals surface area contributed by atoms with E-state index in [1.54, 1.807) is 11.3 Å². The Kier molecular flexibility index (Phi) is 3.56. The van der Waals surface area contributed by atoms with Crippen LogP contribution in [0.15, 0.2) is 0 Å². The molecule has 88 valence electrons. The van der Waals surface area contributed by atoms with Crippen LogP contribution in [-0.2, 0) is 0 Å². The predicted molar refractivity (Wildman–Crippen MR) is 65.0 cm³/mol. The highest BCUT2D eigenvalue weighted by molar-refractivity contribution is 7.11. The van der Waals surface area contributed by atoms with Crippen molar-refractivity contribution in [3.8, 4) is 0 Å². The van der Waals surface area contributed by atoms with Crippen molar-refractivity contribution in [3.63, 3.8) is 0 Å². The van der Waals surface area contributed by atoms with E-state index in [2.05, 4.69) is 10.3 Å². The molecule has 1 aromatic rings. The zero-order valence-electron chi connectivity index (χ0n) is 9.75. The van der Waals surface area contributed by atoms with Gasteiger partial charge in [-0.3, -0.25) is 4.79 Å². The average molecular weight is 239 g/mol. The molecule has 2 heterocycles. The maximum Gasteiger partial charge on any atom is 0.273 e. The second-order valence-electron chi connectivity index (χ2n) is 4.03. The number of carbonyl (C=O) groups is 1. The van der Waals surface area contributed by atoms with Gasteiger partial charge in [0.2, 0.25) is 0 Å². The van der Waals surface area contributed by atoms with Crippen LogP contribution in [0.4, 0.5) is 0 Å². The summed E-state index contributed by atoms with van der Waals surface area (Å²) in [6.45, 7) is 7.41. The normalized spacial score (nSPS) is 17.2. The third kappa shape index (κ3) is 2.41. The Balaban J connectivity index is 2.14. The SMILES string of the molecule is Cc1nc(C(=O)N2CCCNCC2)c(C)s1. The highest BCUT2D eigenvalue weighted by Crippen LogP contribution is 2.18. The Bertz CT molecular complexity index is 381. The van der Waals surface area contributed by atoms with Crippen LogP contribution >= 0.6 is 11.3 Å². The van der Waals surface area contributed by atoms with Gasteiger partial charge in [-0.1, -0.05) is 0 Å². The van der Waals surface area contributed by atoms with Gasteiger partial charge in [-0.2, -0.15) is 0 Å². The summed E-state index contributed by atoms with van der Waals surface area (Å²) in [5.41, 5.74) is 0.643. The third-order valence-corrected chi connectivity index (χ3v) is 3.62. The summed E-state index contributed by atoms with van der Waals surface area (Å²) in [4.78, 5) is 19.5. The van der Waals surface area contributed by atoms with Crippen molar-refractivity contribution in [2.45, 2.75) is 20.3 Å². The molecule has 1 N–H and O–H groups in total. The minimum atomic E-state index is 0.0885. The first kappa shape index (κ1) is 11.5. The summed E-state index contributed by atoms with van der Waals surface area (Å²) in [6, 6.07) is 0. The summed E-state index contributed by atoms with van der Waals surface area (Å²) in [5.74, 6) is 0.0885. The van der Waals surface area contributed by atoms with Gasteiger partial charge >= 0.3 is 0 Å². The minimum absolute atomic E-state index is 0.0885. The summed E-state index contributed by atoms with van der Waals surface area (Å²) in [5, 5.41) is 4.26. The molecule has 0 radical (unpaired) electrons. The number of rotatable bonds is 1. The summed E-state index contributed by atoms with van der Waals surface area (Å²) in [7, 11) is 0. The van der Waals surface area contributed by atoms with Gasteiger partial charge in [0.15, 0.2) is 0 Å². The Morgan fingerprint density at radius 1 is 1.38 bits per heavy atom. The molecule has 0 aromatic carbocycles. The fourth-order valence-corrected chi connectivity index (χ4v) is 2.74. The number of aryl methyl sites for hydroxylation is 2. The molecule has 1 amide bonds. The smallest absolute Gasteiger partial charge is 0.273 e. The lowest BCUT2D eigenvalue weighted by Crippen LogP contribution is -2.34. The number of hydrogen-bond acceptors (Lipinski definition) is 4. The monoisotopic (exact) mass is 239 g/mol. The number of nitrogens with one attached hydrogen (secondary N) is 1. The first-order chi connectivity index (χ1) is 7.68. The second-order valence-corrected chi connectivity index (χ2v) is 5.44. The number of hydrogen-bond donors (Lipinski definition) is 1. The van der Waals surface area contributed by atoms with Gasteiger partial charge in [0.25, 0.3) is 5.91 Å². The third-order valence-electron chi connectivity index (χ3n) is 2.73. The summed E-state index contributed by atoms with van der Waals surface area (Å²) in [6.07, 6.45) is 1.02. The highest BCUT2D eigenvalue weighted by atomic mass is 32.1. The molecule has 16 heavy (non-hydrogen) atoms. The fraction of sp³-hybridized carbons (Fsp3) is 0.636. The van der Waals surface area contributed by atoms with Gasteiger partial charge in [0, 0.05) is 24.5 Å². The maximum atomic E-state index is 12.2. The van der Waals surface area contributed by atoms with Crippen LogP contribution in [0.2, 0.25) is 0 Å². The summed E-state index contributed by atoms with van der Waals surface area (Å²) < 4.78 is 0. The van der Waals surface area contributed by atoms with Crippen molar-refractivity contribution >= 4 is 17.2 Å². The van der Waals surface area contributed by atoms with E-state index in [-0.39, 0.29) is 5.91 Å². The van der Waals surface area contributed by atoms with Crippen molar-refractivity contribution in [3.05, 3.63) is 15.6 Å². The summed E-state index contributed by atoms with van der Waals surface area (Å²) >= 11 is 1.59. The molecule has 0 bridgehead atoms. The lowest BCUT2D eigenvalue weighted by molar-refractivity contribution is 0.0760. The van der Waals surface area contributed by atoms with E-state index in [1.807, 2.05) is 18.7 Å². The molecule has 0 unspecified atom stereocenters. The van der Waals surface area contributed by atoms with Crippen LogP contribution in [0.1, 0.15) is 26.8 Å². The van der Waals surface area contributed by atoms with Crippen LogP contribution < -0.4 is 5.32 Å². The second kappa shape index (κ2) is 4.93. The largest absolute Gasteiger partial charge is 0.336 e. The van der Waals surface area contributed by atoms with Crippen molar-refractivity contribution in [1.82, 2.24) is 15.2 Å². The Morgan fingerprint density at radius 2 is 2.19 bits per heavy atom. The lowest BCUT2D eigenvalue weighted by atomic mass is 10.3. The van der Waals surface area contributed by atoms with Crippen molar-refractivity contribution < 1.29 is 4.79 Å². The number of aromatic nitrogens is 1. The van der Waals surface area contributed by atoms with E-state index >= 15 is 0 Å². The predicted octanol–water partition coefficient (Wildman–Crippen LogP) is 1.20. The molecule has 2 rings (SSSR count). The molecule has 0 spiro atoms. The molecule has 1 aromatic heterocycles. The fourth-order valence-electron chi connectivity index (χ4n) is 1.93. The van der Waals surface area contributed by atoms with Gasteiger partial charge in [-0.25, -0.2) is 4.98 Å². The standard InChI is InChI=1S/C11H17N3OS/c1-8-10(13-9(2)16-8)11(15)14-6-3-4-12-5-7-14/h12H,3-7H2,1-2H3. The van der Waals surface area contributed by atoms with E-state index in [0.717, 1.165) is 42.5 Å². The molecule has 4 nitrogen and oxygen atoms in total. The van der Waals surface area contributed by atoms with Crippen LogP contribution in [0, 0.1) is 13.8 Å². The minimum Gasteiger partial charge on any atom is -0.336 e. The van der Waals surface area contributed by atoms with Gasteiger partial charge < -0.3 is 10.2 Å². The molecule has 0 saturated carbocycles. The van der Waals surface area contributed by atoms with Crippen LogP contribution in [-0.4, -0.2) is 42.0 Å². The topological polar surface area (TPSA) is 45.2 Å². The molecule has 5 heteroatoms. The van der Waals surface area contributed by atoms with Crippen molar-refractivity contribution in [2.75, 3.05) is 26.2 Å². The Morgan fingerprint density at radius 3 is 2.88 bits per heavy atom. The number of carbonyl (C=O) groups excluding carboxylic acids is 1. The van der Waals surface area contributed by atoms with Crippen molar-refractivity contribution in [2.24, 2.45) is 0 Å². The van der Waals surface area contributed by atoms with Gasteiger partial charge in [0.05, 0.1) is 5.01 Å². The average Bonchev–Trinajstić information content (AvgIpc) is 2.49. The van der Waals surface area contributed by atoms with Gasteiger partial charge in [-0.15, -0.1) is 11.3 Å². The van der Waals surface area contributed by atoms with E-state index in [4.69, 9.17) is 0 Å². The van der Waals surface area contributed by atoms with Crippen LogP contribution in [0.25, 0.3) is 0 Å². The quantitative estimate of drug-likeness (QED) is 0.801. The number of nitrogens with zero attached hydrogens (tertiary/aromatic N) is 2. The first-order valence-electron chi connectivity index (χ1n) is 5.62. The van der Waals surface area contributed by atoms with Crippen LogP contribution in [0.5, 0.6) is 0 Å². The lowest BCUT2D eigenvalue weighted by Gasteiger charge is -2.18. The molecule has 1 aliphatic rings. The molecule has 1 aliphatic heterocycles. The molecular formula is C11H17N3OS. The number of amides is 1. The Labute approximate surface area is 99.7 Å². The molecule has 0 aliphatic carbocycles. The van der Waals surface area contributed by atoms with E-state index in [9.17, 15) is 4.79 Å². The number of thiazole rings is 1. The van der Waals surface area contributed by atoms with E-state index < -0.39 is 0 Å². The molecule has 1 fully saturated rings. The highest BCUT2D eigenvalue weighted by Gasteiger charge is 2.21. The zero-order valence-corrected chi connectivity index (χ0v) is 10.6. The molecule has 0 atom stereocenters. The van der Waals surface area contributed by atoms with Gasteiger partial charge in [0.1, 0.15) is 5.69 Å². The maximum absolute atomic E-state index is 12.2. The van der Waals surface area contributed by atoms with Crippen molar-refractivity contribution in [1.29, 1.82) is 0 Å². The molecular weight excluding hydrogens is 222 g/mol. The van der Waals surface area contributed by atoms with E-state index in [0.29, 0.717) is 5.69 Å². The van der Waals surface area contributed by atoms with Gasteiger partial charge in [-0.05, 0) is 26.8 Å². The van der Waals surface area contributed by atoms with E-state index in [1.165, 1.54) is 0 Å². The first-order valence-corrected chi connectivity index (χ1v) is 6.44. The zero-order chi connectivity index (χ0) is 11.5. The Hall–Kier alpha value is -0.940. The van der Waals surface area contributed by atoms with Crippen LogP contribution in [0.3, 0.4) is 0 Å². The molecule has 1 saturated heterocycles.